The zero-order chi connectivity index (χ0) is 9.97. The third-order valence-electron chi connectivity index (χ3n) is 2.29. The molecule has 1 heterocycles. The largest absolute Gasteiger partial charge is 0.493 e. The fourth-order valence-electron chi connectivity index (χ4n) is 1.53. The lowest BCUT2D eigenvalue weighted by Gasteiger charge is -2.07. The Morgan fingerprint density at radius 1 is 1.43 bits per heavy atom. The van der Waals surface area contributed by atoms with E-state index in [1.807, 2.05) is 19.1 Å². The number of H-pyrrole nitrogens is 1. The van der Waals surface area contributed by atoms with Crippen LogP contribution in [0.3, 0.4) is 0 Å². The lowest BCUT2D eigenvalue weighted by molar-refractivity contribution is 0.162. The van der Waals surface area contributed by atoms with E-state index in [0.717, 1.165) is 11.2 Å². The smallest absolute Gasteiger partial charge is 0.135 e. The van der Waals surface area contributed by atoms with Gasteiger partial charge >= 0.3 is 0 Å². The summed E-state index contributed by atoms with van der Waals surface area (Å²) in [7, 11) is 0. The lowest BCUT2D eigenvalue weighted by atomic mass is 10.2. The molecule has 1 atom stereocenters. The summed E-state index contributed by atoms with van der Waals surface area (Å²) in [5.41, 5.74) is 2.22. The van der Waals surface area contributed by atoms with Crippen molar-refractivity contribution < 1.29 is 4.74 Å². The number of hydrogen-bond donors (Lipinski definition) is 1. The molecule has 0 saturated heterocycles. The zero-order valence-corrected chi connectivity index (χ0v) is 8.16. The molecular formula is C12H13NO. The number of aromatic amines is 1. The minimum absolute atomic E-state index is 0.0277. The second-order valence-corrected chi connectivity index (χ2v) is 3.26. The summed E-state index contributed by atoms with van der Waals surface area (Å²) in [5, 5.41) is 1.21. The Balaban J connectivity index is 2.39. The van der Waals surface area contributed by atoms with Crippen LogP contribution in [0.2, 0.25) is 0 Å². The molecule has 1 unspecified atom stereocenters. The van der Waals surface area contributed by atoms with Gasteiger partial charge in [-0.1, -0.05) is 24.8 Å². The van der Waals surface area contributed by atoms with Crippen LogP contribution in [-0.4, -0.2) is 4.98 Å². The van der Waals surface area contributed by atoms with Gasteiger partial charge in [0.25, 0.3) is 0 Å². The summed E-state index contributed by atoms with van der Waals surface area (Å²) in [6, 6.07) is 10.3. The average molecular weight is 187 g/mol. The Morgan fingerprint density at radius 3 is 2.93 bits per heavy atom. The molecule has 2 rings (SSSR count). The van der Waals surface area contributed by atoms with Crippen LogP contribution >= 0.6 is 0 Å². The molecule has 72 valence electrons. The van der Waals surface area contributed by atoms with Gasteiger partial charge in [0.1, 0.15) is 6.10 Å². The fourth-order valence-corrected chi connectivity index (χ4v) is 1.53. The van der Waals surface area contributed by atoms with Crippen LogP contribution in [0, 0.1) is 0 Å². The van der Waals surface area contributed by atoms with E-state index in [2.05, 4.69) is 29.8 Å². The molecule has 0 saturated carbocycles. The first-order valence-corrected chi connectivity index (χ1v) is 4.65. The highest BCUT2D eigenvalue weighted by Crippen LogP contribution is 2.21. The lowest BCUT2D eigenvalue weighted by Crippen LogP contribution is -1.94. The van der Waals surface area contributed by atoms with Crippen molar-refractivity contribution in [2.75, 3.05) is 0 Å². The normalized spacial score (nSPS) is 12.6. The Morgan fingerprint density at radius 2 is 2.21 bits per heavy atom. The van der Waals surface area contributed by atoms with Crippen molar-refractivity contribution in [3.8, 4) is 0 Å². The van der Waals surface area contributed by atoms with E-state index in [9.17, 15) is 0 Å². The maximum atomic E-state index is 5.29. The predicted octanol–water partition coefficient (Wildman–Crippen LogP) is 3.39. The summed E-state index contributed by atoms with van der Waals surface area (Å²) in [6.07, 6.45) is 1.50. The maximum absolute atomic E-state index is 5.29. The standard InChI is InChI=1S/C12H13NO/c1-3-14-9(2)12-8-10-6-4-5-7-11(10)13-12/h3-9,13H,1H2,2H3. The van der Waals surface area contributed by atoms with Gasteiger partial charge in [0.15, 0.2) is 0 Å². The quantitative estimate of drug-likeness (QED) is 0.732. The molecule has 0 bridgehead atoms. The number of hydrogen-bond acceptors (Lipinski definition) is 1. The molecule has 0 aliphatic rings. The molecule has 0 spiro atoms. The molecule has 1 aromatic heterocycles. The minimum Gasteiger partial charge on any atom is -0.493 e. The molecular weight excluding hydrogens is 174 g/mol. The Bertz CT molecular complexity index is 411. The van der Waals surface area contributed by atoms with Crippen molar-refractivity contribution in [2.24, 2.45) is 0 Å². The topological polar surface area (TPSA) is 25.0 Å². The van der Waals surface area contributed by atoms with Gasteiger partial charge in [-0.2, -0.15) is 0 Å². The number of fused-ring (bicyclic) bond motifs is 1. The van der Waals surface area contributed by atoms with Gasteiger partial charge in [-0.25, -0.2) is 0 Å². The summed E-state index contributed by atoms with van der Waals surface area (Å²) < 4.78 is 5.29. The Labute approximate surface area is 83.2 Å². The maximum Gasteiger partial charge on any atom is 0.135 e. The van der Waals surface area contributed by atoms with Gasteiger partial charge in [-0.3, -0.25) is 0 Å². The molecule has 14 heavy (non-hydrogen) atoms. The van der Waals surface area contributed by atoms with Crippen molar-refractivity contribution in [3.05, 3.63) is 48.9 Å². The molecule has 0 fully saturated rings. The van der Waals surface area contributed by atoms with Crippen LogP contribution in [0.25, 0.3) is 10.9 Å². The molecule has 0 aliphatic heterocycles. The fraction of sp³-hybridized carbons (Fsp3) is 0.167. The third-order valence-corrected chi connectivity index (χ3v) is 2.29. The monoisotopic (exact) mass is 187 g/mol. The van der Waals surface area contributed by atoms with Crippen molar-refractivity contribution >= 4 is 10.9 Å². The number of nitrogens with one attached hydrogen (secondary N) is 1. The number of benzene rings is 1. The van der Waals surface area contributed by atoms with Crippen molar-refractivity contribution in [1.82, 2.24) is 4.98 Å². The second kappa shape index (κ2) is 3.58. The van der Waals surface area contributed by atoms with Gasteiger partial charge in [0, 0.05) is 5.52 Å². The highest BCUT2D eigenvalue weighted by molar-refractivity contribution is 5.80. The first-order valence-electron chi connectivity index (χ1n) is 4.65. The van der Waals surface area contributed by atoms with Crippen LogP contribution in [0.5, 0.6) is 0 Å². The first-order chi connectivity index (χ1) is 6.81. The van der Waals surface area contributed by atoms with Gasteiger partial charge in [0.2, 0.25) is 0 Å². The Kier molecular flexibility index (Phi) is 2.27. The van der Waals surface area contributed by atoms with E-state index >= 15 is 0 Å². The summed E-state index contributed by atoms with van der Waals surface area (Å²) in [6.45, 7) is 5.54. The Hall–Kier alpha value is -1.70. The molecule has 0 amide bonds. The van der Waals surface area contributed by atoms with Gasteiger partial charge in [-0.15, -0.1) is 0 Å². The SMILES string of the molecule is C=COC(C)c1cc2ccccc2[nH]1. The molecule has 1 N–H and O–H groups in total. The number of rotatable bonds is 3. The van der Waals surface area contributed by atoms with E-state index in [1.165, 1.54) is 11.6 Å². The highest BCUT2D eigenvalue weighted by atomic mass is 16.5. The molecule has 0 aliphatic carbocycles. The van der Waals surface area contributed by atoms with E-state index < -0.39 is 0 Å². The van der Waals surface area contributed by atoms with Gasteiger partial charge in [0.05, 0.1) is 12.0 Å². The predicted molar refractivity (Wildman–Crippen MR) is 58.0 cm³/mol. The van der Waals surface area contributed by atoms with E-state index in [4.69, 9.17) is 4.74 Å². The zero-order valence-electron chi connectivity index (χ0n) is 8.16. The van der Waals surface area contributed by atoms with Crippen LogP contribution in [0.1, 0.15) is 18.7 Å². The van der Waals surface area contributed by atoms with Crippen molar-refractivity contribution in [3.63, 3.8) is 0 Å². The highest BCUT2D eigenvalue weighted by Gasteiger charge is 2.07. The molecule has 0 radical (unpaired) electrons. The number of para-hydroxylation sites is 1. The summed E-state index contributed by atoms with van der Waals surface area (Å²) in [5.74, 6) is 0. The van der Waals surface area contributed by atoms with Crippen molar-refractivity contribution in [1.29, 1.82) is 0 Å². The van der Waals surface area contributed by atoms with Crippen LogP contribution in [0.15, 0.2) is 43.2 Å². The van der Waals surface area contributed by atoms with E-state index in [1.54, 1.807) is 0 Å². The molecule has 1 aromatic carbocycles. The van der Waals surface area contributed by atoms with Gasteiger partial charge in [-0.05, 0) is 24.4 Å². The second-order valence-electron chi connectivity index (χ2n) is 3.26. The summed E-state index contributed by atoms with van der Waals surface area (Å²) in [4.78, 5) is 3.31. The van der Waals surface area contributed by atoms with E-state index in [0.29, 0.717) is 0 Å². The number of ether oxygens (including phenoxy) is 1. The van der Waals surface area contributed by atoms with Crippen LogP contribution in [0.4, 0.5) is 0 Å². The molecule has 2 aromatic rings. The van der Waals surface area contributed by atoms with Crippen LogP contribution in [-0.2, 0) is 4.74 Å². The van der Waals surface area contributed by atoms with E-state index in [-0.39, 0.29) is 6.10 Å². The van der Waals surface area contributed by atoms with Crippen LogP contribution < -0.4 is 0 Å². The van der Waals surface area contributed by atoms with Crippen molar-refractivity contribution in [2.45, 2.75) is 13.0 Å². The summed E-state index contributed by atoms with van der Waals surface area (Å²) >= 11 is 0. The number of aromatic nitrogens is 1. The molecule has 2 nitrogen and oxygen atoms in total. The first kappa shape index (κ1) is 8.88. The molecule has 2 heteroatoms. The van der Waals surface area contributed by atoms with Gasteiger partial charge < -0.3 is 9.72 Å². The average Bonchev–Trinajstić information content (AvgIpc) is 2.61. The minimum atomic E-state index is 0.0277. The third kappa shape index (κ3) is 1.51.